The third-order valence-electron chi connectivity index (χ3n) is 4.18. The van der Waals surface area contributed by atoms with Gasteiger partial charge >= 0.3 is 0 Å². The first-order valence-corrected chi connectivity index (χ1v) is 9.46. The summed E-state index contributed by atoms with van der Waals surface area (Å²) in [5, 5.41) is 9.10. The van der Waals surface area contributed by atoms with Crippen molar-refractivity contribution in [2.45, 2.75) is 51.9 Å². The van der Waals surface area contributed by atoms with E-state index in [1.807, 2.05) is 6.92 Å². The largest absolute Gasteiger partial charge is 0.331 e. The van der Waals surface area contributed by atoms with Gasteiger partial charge in [0, 0.05) is 18.5 Å². The van der Waals surface area contributed by atoms with E-state index in [9.17, 15) is 9.59 Å². The molecule has 1 fully saturated rings. The molecule has 1 aliphatic rings. The number of carbonyl (C=O) groups is 2. The van der Waals surface area contributed by atoms with Crippen molar-refractivity contribution >= 4 is 52.1 Å². The van der Waals surface area contributed by atoms with E-state index in [-0.39, 0.29) is 16.9 Å². The fraction of sp³-hybridized carbons (Fsp3) is 0.500. The van der Waals surface area contributed by atoms with E-state index >= 15 is 0 Å². The number of thiocarbonyl (C=S) groups is 1. The van der Waals surface area contributed by atoms with E-state index in [0.717, 1.165) is 19.3 Å². The van der Waals surface area contributed by atoms with Crippen molar-refractivity contribution < 1.29 is 9.59 Å². The zero-order valence-corrected chi connectivity index (χ0v) is 15.9. The van der Waals surface area contributed by atoms with Gasteiger partial charge in [-0.15, -0.1) is 0 Å². The van der Waals surface area contributed by atoms with Gasteiger partial charge in [-0.05, 0) is 55.6 Å². The maximum Gasteiger partial charge on any atom is 0.226 e. The average Bonchev–Trinajstić information content (AvgIpc) is 3.03. The van der Waals surface area contributed by atoms with Crippen LogP contribution in [0.25, 0.3) is 0 Å². The highest BCUT2D eigenvalue weighted by molar-refractivity contribution is 7.80. The summed E-state index contributed by atoms with van der Waals surface area (Å²) < 4.78 is 0. The number of anilines is 2. The summed E-state index contributed by atoms with van der Waals surface area (Å²) in [6.45, 7) is 1.95. The van der Waals surface area contributed by atoms with Crippen LogP contribution in [0, 0.1) is 5.92 Å². The standard InChI is InChI=1S/C18H24ClN3O2S/c1-2-5-16(23)20-13-8-9-14(19)15(11-13)21-18(25)22-17(24)10-12-6-3-4-7-12/h8-9,11-12H,2-7,10H2,1H3,(H,20,23)(H2,21,22,24,25). The van der Waals surface area contributed by atoms with Gasteiger partial charge in [0.05, 0.1) is 10.7 Å². The molecule has 0 radical (unpaired) electrons. The second-order valence-corrected chi connectivity index (χ2v) is 7.17. The van der Waals surface area contributed by atoms with Crippen molar-refractivity contribution in [3.05, 3.63) is 23.2 Å². The Bertz CT molecular complexity index is 645. The quantitative estimate of drug-likeness (QED) is 0.636. The Balaban J connectivity index is 1.90. The fourth-order valence-electron chi connectivity index (χ4n) is 2.96. The van der Waals surface area contributed by atoms with Crippen molar-refractivity contribution in [1.82, 2.24) is 5.32 Å². The molecule has 7 heteroatoms. The van der Waals surface area contributed by atoms with Gasteiger partial charge in [0.2, 0.25) is 11.8 Å². The number of rotatable bonds is 6. The lowest BCUT2D eigenvalue weighted by atomic mass is 10.0. The molecule has 5 nitrogen and oxygen atoms in total. The van der Waals surface area contributed by atoms with E-state index < -0.39 is 0 Å². The maximum atomic E-state index is 12.0. The van der Waals surface area contributed by atoms with Crippen LogP contribution in [0.3, 0.4) is 0 Å². The predicted molar refractivity (Wildman–Crippen MR) is 106 cm³/mol. The van der Waals surface area contributed by atoms with E-state index in [1.165, 1.54) is 12.8 Å². The lowest BCUT2D eigenvalue weighted by Gasteiger charge is -2.14. The van der Waals surface area contributed by atoms with E-state index in [0.29, 0.717) is 35.2 Å². The predicted octanol–water partition coefficient (Wildman–Crippen LogP) is 4.47. The Morgan fingerprint density at radius 3 is 2.60 bits per heavy atom. The van der Waals surface area contributed by atoms with E-state index in [1.54, 1.807) is 18.2 Å². The third-order valence-corrected chi connectivity index (χ3v) is 4.71. The van der Waals surface area contributed by atoms with Crippen LogP contribution >= 0.6 is 23.8 Å². The van der Waals surface area contributed by atoms with Crippen molar-refractivity contribution in [3.8, 4) is 0 Å². The number of hydrogen-bond donors (Lipinski definition) is 3. The second-order valence-electron chi connectivity index (χ2n) is 6.35. The van der Waals surface area contributed by atoms with Crippen molar-refractivity contribution in [2.24, 2.45) is 5.92 Å². The summed E-state index contributed by atoms with van der Waals surface area (Å²) >= 11 is 11.4. The summed E-state index contributed by atoms with van der Waals surface area (Å²) in [5.41, 5.74) is 1.17. The number of nitrogens with one attached hydrogen (secondary N) is 3. The minimum atomic E-state index is -0.0760. The van der Waals surface area contributed by atoms with Crippen LogP contribution in [-0.4, -0.2) is 16.9 Å². The van der Waals surface area contributed by atoms with Gasteiger partial charge in [-0.1, -0.05) is 31.4 Å². The summed E-state index contributed by atoms with van der Waals surface area (Å²) in [6, 6.07) is 5.10. The normalized spacial score (nSPS) is 14.2. The van der Waals surface area contributed by atoms with E-state index in [2.05, 4.69) is 16.0 Å². The first-order valence-electron chi connectivity index (χ1n) is 8.68. The molecule has 0 spiro atoms. The number of benzene rings is 1. The van der Waals surface area contributed by atoms with Gasteiger partial charge in [0.25, 0.3) is 0 Å². The molecule has 0 bridgehead atoms. The highest BCUT2D eigenvalue weighted by Gasteiger charge is 2.19. The fourth-order valence-corrected chi connectivity index (χ4v) is 3.35. The van der Waals surface area contributed by atoms with Gasteiger partial charge in [0.15, 0.2) is 5.11 Å². The molecule has 0 atom stereocenters. The second kappa shape index (κ2) is 9.73. The highest BCUT2D eigenvalue weighted by Crippen LogP contribution is 2.28. The van der Waals surface area contributed by atoms with Gasteiger partial charge in [-0.25, -0.2) is 0 Å². The molecule has 2 rings (SSSR count). The molecule has 136 valence electrons. The van der Waals surface area contributed by atoms with Crippen LogP contribution in [-0.2, 0) is 9.59 Å². The molecule has 1 saturated carbocycles. The SMILES string of the molecule is CCCC(=O)Nc1ccc(Cl)c(NC(=S)NC(=O)CC2CCCC2)c1. The topological polar surface area (TPSA) is 70.2 Å². The first kappa shape index (κ1) is 19.7. The Kier molecular flexibility index (Phi) is 7.65. The van der Waals surface area contributed by atoms with Gasteiger partial charge < -0.3 is 16.0 Å². The molecule has 1 aromatic rings. The summed E-state index contributed by atoms with van der Waals surface area (Å²) in [5.74, 6) is 0.333. The average molecular weight is 382 g/mol. The summed E-state index contributed by atoms with van der Waals surface area (Å²) in [4.78, 5) is 23.7. The molecular formula is C18H24ClN3O2S. The lowest BCUT2D eigenvalue weighted by Crippen LogP contribution is -2.35. The van der Waals surface area contributed by atoms with Crippen LogP contribution in [0.15, 0.2) is 18.2 Å². The van der Waals surface area contributed by atoms with Crippen LogP contribution < -0.4 is 16.0 Å². The van der Waals surface area contributed by atoms with E-state index in [4.69, 9.17) is 23.8 Å². The minimum absolute atomic E-state index is 0.0526. The molecule has 0 unspecified atom stereocenters. The Morgan fingerprint density at radius 2 is 1.92 bits per heavy atom. The summed E-state index contributed by atoms with van der Waals surface area (Å²) in [7, 11) is 0. The Morgan fingerprint density at radius 1 is 1.20 bits per heavy atom. The Hall–Kier alpha value is -1.66. The number of hydrogen-bond acceptors (Lipinski definition) is 3. The van der Waals surface area contributed by atoms with Crippen molar-refractivity contribution in [3.63, 3.8) is 0 Å². The molecule has 2 amide bonds. The number of carbonyl (C=O) groups excluding carboxylic acids is 2. The molecule has 0 aliphatic heterocycles. The van der Waals surface area contributed by atoms with Gasteiger partial charge in [-0.2, -0.15) is 0 Å². The smallest absolute Gasteiger partial charge is 0.226 e. The zero-order chi connectivity index (χ0) is 18.2. The van der Waals surface area contributed by atoms with Gasteiger partial charge in [0.1, 0.15) is 0 Å². The van der Waals surface area contributed by atoms with Crippen LogP contribution in [0.5, 0.6) is 0 Å². The lowest BCUT2D eigenvalue weighted by molar-refractivity contribution is -0.120. The number of amides is 2. The monoisotopic (exact) mass is 381 g/mol. The molecule has 3 N–H and O–H groups in total. The summed E-state index contributed by atoms with van der Waals surface area (Å²) in [6.07, 6.45) is 6.36. The number of halogens is 1. The molecule has 0 saturated heterocycles. The minimum Gasteiger partial charge on any atom is -0.331 e. The third kappa shape index (κ3) is 6.63. The Labute approximate surface area is 158 Å². The van der Waals surface area contributed by atoms with Crippen molar-refractivity contribution in [2.75, 3.05) is 10.6 Å². The molecule has 25 heavy (non-hydrogen) atoms. The first-order chi connectivity index (χ1) is 12.0. The van der Waals surface area contributed by atoms with Crippen LogP contribution in [0.2, 0.25) is 5.02 Å². The maximum absolute atomic E-state index is 12.0. The molecular weight excluding hydrogens is 358 g/mol. The van der Waals surface area contributed by atoms with Crippen LogP contribution in [0.1, 0.15) is 51.9 Å². The molecule has 0 heterocycles. The van der Waals surface area contributed by atoms with Crippen LogP contribution in [0.4, 0.5) is 11.4 Å². The highest BCUT2D eigenvalue weighted by atomic mass is 35.5. The zero-order valence-electron chi connectivity index (χ0n) is 14.4. The molecule has 1 aliphatic carbocycles. The van der Waals surface area contributed by atoms with Gasteiger partial charge in [-0.3, -0.25) is 9.59 Å². The molecule has 0 aromatic heterocycles. The molecule has 1 aromatic carbocycles. The van der Waals surface area contributed by atoms with Crippen molar-refractivity contribution in [1.29, 1.82) is 0 Å².